The number of hydrogen-bond acceptors (Lipinski definition) is 4. The van der Waals surface area contributed by atoms with Crippen LogP contribution in [0.5, 0.6) is 0 Å². The van der Waals surface area contributed by atoms with Gasteiger partial charge in [-0.25, -0.2) is 13.8 Å². The Hall–Kier alpha value is -2.67. The van der Waals surface area contributed by atoms with E-state index in [1.165, 1.54) is 19.1 Å². The van der Waals surface area contributed by atoms with Crippen LogP contribution in [0.3, 0.4) is 0 Å². The van der Waals surface area contributed by atoms with Gasteiger partial charge < -0.3 is 0 Å². The van der Waals surface area contributed by atoms with Gasteiger partial charge in [0.15, 0.2) is 16.7 Å². The number of halogens is 2. The van der Waals surface area contributed by atoms with Crippen molar-refractivity contribution < 1.29 is 18.4 Å². The summed E-state index contributed by atoms with van der Waals surface area (Å²) in [6, 6.07) is 8.02. The van der Waals surface area contributed by atoms with Gasteiger partial charge in [-0.05, 0) is 25.1 Å². The van der Waals surface area contributed by atoms with Crippen molar-refractivity contribution >= 4 is 38.4 Å². The zero-order valence-corrected chi connectivity index (χ0v) is 12.7. The molecule has 0 bridgehead atoms. The van der Waals surface area contributed by atoms with Gasteiger partial charge in [-0.3, -0.25) is 14.9 Å². The number of anilines is 1. The number of fused-ring (bicyclic) bond motifs is 1. The van der Waals surface area contributed by atoms with Crippen LogP contribution in [-0.4, -0.2) is 16.7 Å². The zero-order chi connectivity index (χ0) is 16.6. The van der Waals surface area contributed by atoms with Gasteiger partial charge in [-0.1, -0.05) is 23.5 Å². The number of aromatic nitrogens is 1. The predicted octanol–water partition coefficient (Wildman–Crippen LogP) is 4.03. The van der Waals surface area contributed by atoms with Crippen LogP contribution >= 0.6 is 11.3 Å². The molecule has 1 amide bonds. The number of hydrogen-bond donors (Lipinski definition) is 1. The van der Waals surface area contributed by atoms with Crippen molar-refractivity contribution in [2.75, 3.05) is 5.32 Å². The molecule has 1 aromatic heterocycles. The van der Waals surface area contributed by atoms with E-state index in [9.17, 15) is 18.4 Å². The summed E-state index contributed by atoms with van der Waals surface area (Å²) in [5, 5.41) is 2.71. The molecule has 0 saturated heterocycles. The standard InChI is InChI=1S/C16H10F2N2O2S/c1-8(21)9-2-4-10(5-3-9)15(22)20-16-19-14-12(18)6-11(17)7-13(14)23-16/h2-7H,1H3,(H,19,20,22). The van der Waals surface area contributed by atoms with Crippen molar-refractivity contribution in [3.8, 4) is 0 Å². The number of carbonyl (C=O) groups is 2. The van der Waals surface area contributed by atoms with Crippen LogP contribution < -0.4 is 5.32 Å². The van der Waals surface area contributed by atoms with Crippen molar-refractivity contribution in [2.45, 2.75) is 6.92 Å². The van der Waals surface area contributed by atoms with E-state index in [0.29, 0.717) is 15.8 Å². The Balaban J connectivity index is 1.85. The highest BCUT2D eigenvalue weighted by molar-refractivity contribution is 7.22. The van der Waals surface area contributed by atoms with Crippen molar-refractivity contribution in [3.63, 3.8) is 0 Å². The van der Waals surface area contributed by atoms with Crippen LogP contribution in [0, 0.1) is 11.6 Å². The van der Waals surface area contributed by atoms with Crippen molar-refractivity contribution in [2.24, 2.45) is 0 Å². The molecule has 1 N–H and O–H groups in total. The van der Waals surface area contributed by atoms with E-state index in [4.69, 9.17) is 0 Å². The lowest BCUT2D eigenvalue weighted by Crippen LogP contribution is -2.11. The minimum absolute atomic E-state index is 0.0126. The van der Waals surface area contributed by atoms with Gasteiger partial charge >= 0.3 is 0 Å². The molecular weight excluding hydrogens is 322 g/mol. The average molecular weight is 332 g/mol. The van der Waals surface area contributed by atoms with E-state index in [1.807, 2.05) is 0 Å². The Morgan fingerprint density at radius 3 is 2.39 bits per heavy atom. The van der Waals surface area contributed by atoms with Crippen LogP contribution in [0.2, 0.25) is 0 Å². The van der Waals surface area contributed by atoms with Crippen molar-refractivity contribution in [3.05, 3.63) is 59.2 Å². The second-order valence-corrected chi connectivity index (χ2v) is 5.87. The SMILES string of the molecule is CC(=O)c1ccc(C(=O)Nc2nc3c(F)cc(F)cc3s2)cc1. The Morgan fingerprint density at radius 1 is 1.09 bits per heavy atom. The molecule has 1 heterocycles. The molecule has 0 aliphatic rings. The van der Waals surface area contributed by atoms with Gasteiger partial charge in [0, 0.05) is 17.2 Å². The molecule has 3 rings (SSSR count). The van der Waals surface area contributed by atoms with Crippen LogP contribution in [0.25, 0.3) is 10.2 Å². The Bertz CT molecular complexity index is 920. The fraction of sp³-hybridized carbons (Fsp3) is 0.0625. The third-order valence-electron chi connectivity index (χ3n) is 3.19. The summed E-state index contributed by atoms with van der Waals surface area (Å²) in [4.78, 5) is 27.3. The lowest BCUT2D eigenvalue weighted by molar-refractivity contribution is 0.101. The third-order valence-corrected chi connectivity index (χ3v) is 4.11. The molecule has 23 heavy (non-hydrogen) atoms. The van der Waals surface area contributed by atoms with E-state index in [0.717, 1.165) is 23.5 Å². The molecule has 0 spiro atoms. The molecule has 0 radical (unpaired) electrons. The molecule has 0 aliphatic heterocycles. The second-order valence-electron chi connectivity index (χ2n) is 4.84. The smallest absolute Gasteiger partial charge is 0.257 e. The maximum atomic E-state index is 13.6. The van der Waals surface area contributed by atoms with Gasteiger partial charge in [-0.15, -0.1) is 0 Å². The number of rotatable bonds is 3. The Kier molecular flexibility index (Phi) is 3.87. The third kappa shape index (κ3) is 3.09. The number of amides is 1. The molecule has 0 unspecified atom stereocenters. The monoisotopic (exact) mass is 332 g/mol. The molecule has 3 aromatic rings. The minimum Gasteiger partial charge on any atom is -0.298 e. The molecule has 0 atom stereocenters. The summed E-state index contributed by atoms with van der Waals surface area (Å²) >= 11 is 0.979. The predicted molar refractivity (Wildman–Crippen MR) is 83.9 cm³/mol. The van der Waals surface area contributed by atoms with Crippen LogP contribution in [-0.2, 0) is 0 Å². The van der Waals surface area contributed by atoms with Crippen molar-refractivity contribution in [1.29, 1.82) is 0 Å². The number of Topliss-reactive ketones (excluding diaryl/α,β-unsaturated/α-hetero) is 1. The lowest BCUT2D eigenvalue weighted by atomic mass is 10.1. The summed E-state index contributed by atoms with van der Waals surface area (Å²) < 4.78 is 27.1. The van der Waals surface area contributed by atoms with Crippen LogP contribution in [0.15, 0.2) is 36.4 Å². The summed E-state index contributed by atoms with van der Waals surface area (Å²) in [6.45, 7) is 1.43. The first-order chi connectivity index (χ1) is 10.9. The fourth-order valence-electron chi connectivity index (χ4n) is 2.04. The summed E-state index contributed by atoms with van der Waals surface area (Å²) in [5.41, 5.74) is 0.846. The normalized spacial score (nSPS) is 10.7. The largest absolute Gasteiger partial charge is 0.298 e. The number of nitrogens with zero attached hydrogens (tertiary/aromatic N) is 1. The zero-order valence-electron chi connectivity index (χ0n) is 11.9. The van der Waals surface area contributed by atoms with Crippen LogP contribution in [0.4, 0.5) is 13.9 Å². The molecule has 2 aromatic carbocycles. The lowest BCUT2D eigenvalue weighted by Gasteiger charge is -2.02. The highest BCUT2D eigenvalue weighted by Crippen LogP contribution is 2.28. The highest BCUT2D eigenvalue weighted by atomic mass is 32.1. The maximum Gasteiger partial charge on any atom is 0.257 e. The molecule has 116 valence electrons. The Morgan fingerprint density at radius 2 is 1.74 bits per heavy atom. The topological polar surface area (TPSA) is 59.1 Å². The number of thiazole rings is 1. The average Bonchev–Trinajstić information content (AvgIpc) is 2.90. The first-order valence-corrected chi connectivity index (χ1v) is 7.43. The summed E-state index contributed by atoms with van der Waals surface area (Å²) in [5.74, 6) is -2.01. The van der Waals surface area contributed by atoms with E-state index < -0.39 is 17.5 Å². The fourth-order valence-corrected chi connectivity index (χ4v) is 2.94. The Labute approximate surface area is 133 Å². The van der Waals surface area contributed by atoms with E-state index in [1.54, 1.807) is 12.1 Å². The molecule has 7 heteroatoms. The molecule has 0 fully saturated rings. The second kappa shape index (κ2) is 5.85. The van der Waals surface area contributed by atoms with Gasteiger partial charge in [0.2, 0.25) is 0 Å². The van der Waals surface area contributed by atoms with Crippen LogP contribution in [0.1, 0.15) is 27.6 Å². The van der Waals surface area contributed by atoms with Gasteiger partial charge in [0.1, 0.15) is 11.3 Å². The summed E-state index contributed by atoms with van der Waals surface area (Å²) in [7, 11) is 0. The number of nitrogens with one attached hydrogen (secondary N) is 1. The van der Waals surface area contributed by atoms with E-state index in [2.05, 4.69) is 10.3 Å². The summed E-state index contributed by atoms with van der Waals surface area (Å²) in [6.07, 6.45) is 0. The number of benzene rings is 2. The molecule has 4 nitrogen and oxygen atoms in total. The quantitative estimate of drug-likeness (QED) is 0.737. The number of carbonyl (C=O) groups excluding carboxylic acids is 2. The van der Waals surface area contributed by atoms with E-state index >= 15 is 0 Å². The minimum atomic E-state index is -0.775. The van der Waals surface area contributed by atoms with E-state index in [-0.39, 0.29) is 16.4 Å². The first-order valence-electron chi connectivity index (χ1n) is 6.62. The maximum absolute atomic E-state index is 13.6. The molecule has 0 aliphatic carbocycles. The molecular formula is C16H10F2N2O2S. The van der Waals surface area contributed by atoms with Crippen molar-refractivity contribution in [1.82, 2.24) is 4.98 Å². The van der Waals surface area contributed by atoms with Gasteiger partial charge in [0.05, 0.1) is 4.70 Å². The van der Waals surface area contributed by atoms with Gasteiger partial charge in [0.25, 0.3) is 5.91 Å². The highest BCUT2D eigenvalue weighted by Gasteiger charge is 2.13. The molecule has 0 saturated carbocycles. The number of ketones is 1. The van der Waals surface area contributed by atoms with Gasteiger partial charge in [-0.2, -0.15) is 0 Å². The first kappa shape index (κ1) is 15.2.